The monoisotopic (exact) mass is 797 g/mol. The van der Waals surface area contributed by atoms with E-state index in [0.717, 1.165) is 63.0 Å². The van der Waals surface area contributed by atoms with Crippen LogP contribution in [0.25, 0.3) is 27.6 Å². The van der Waals surface area contributed by atoms with E-state index in [4.69, 9.17) is 11.6 Å². The highest BCUT2D eigenvalue weighted by Gasteiger charge is 2.21. The summed E-state index contributed by atoms with van der Waals surface area (Å²) in [6.45, 7) is 10.5. The summed E-state index contributed by atoms with van der Waals surface area (Å²) in [6, 6.07) is 26.4. The van der Waals surface area contributed by atoms with Gasteiger partial charge in [0.15, 0.2) is 19.7 Å². The van der Waals surface area contributed by atoms with Gasteiger partial charge in [-0.05, 0) is 98.2 Å². The van der Waals surface area contributed by atoms with Gasteiger partial charge in [0.25, 0.3) is 11.1 Å². The number of rotatable bonds is 8. The standard InChI is InChI=1S/C23H26N2O3S.C20H18ClNO3S/c1-17-22(24-14-6-3-7-15-24)20-8-4-5-9-21(20)23(26)25(17)16-18-10-12-19(13-11-18)29(2,27)28;1-4-17-13(2)22(20(23)18-10-7-15(21)11-19(17)18)12-14-5-8-16(9-6-14)26(3,24)25/h4-5,8-13H,3,6-7,14-16H2,1-2H3;4-11H,1,12H2,2-3H3. The van der Waals surface area contributed by atoms with Crippen molar-refractivity contribution in [3.8, 4) is 0 Å². The molecule has 0 spiro atoms. The zero-order valence-electron chi connectivity index (χ0n) is 31.4. The lowest BCUT2D eigenvalue weighted by Crippen LogP contribution is -2.33. The molecule has 55 heavy (non-hydrogen) atoms. The van der Waals surface area contributed by atoms with Gasteiger partial charge in [0.1, 0.15) is 0 Å². The van der Waals surface area contributed by atoms with Crippen molar-refractivity contribution in [2.45, 2.75) is 56.0 Å². The minimum absolute atomic E-state index is 0.00829. The maximum Gasteiger partial charge on any atom is 0.259 e. The molecule has 2 aromatic heterocycles. The van der Waals surface area contributed by atoms with E-state index in [-0.39, 0.29) is 20.9 Å². The Morgan fingerprint density at radius 2 is 1.11 bits per heavy atom. The number of piperidine rings is 1. The molecule has 12 heteroatoms. The van der Waals surface area contributed by atoms with Crippen LogP contribution < -0.4 is 16.0 Å². The van der Waals surface area contributed by atoms with Gasteiger partial charge in [-0.3, -0.25) is 9.59 Å². The summed E-state index contributed by atoms with van der Waals surface area (Å²) in [6.07, 6.45) is 7.67. The average Bonchev–Trinajstić information content (AvgIpc) is 3.16. The van der Waals surface area contributed by atoms with E-state index in [1.807, 2.05) is 42.7 Å². The molecule has 0 atom stereocenters. The molecule has 9 nitrogen and oxygen atoms in total. The van der Waals surface area contributed by atoms with Crippen LogP contribution in [0.4, 0.5) is 5.69 Å². The Balaban J connectivity index is 0.000000188. The number of fused-ring (bicyclic) bond motifs is 2. The van der Waals surface area contributed by atoms with E-state index in [1.54, 1.807) is 77.4 Å². The molecule has 1 fully saturated rings. The number of sulfone groups is 2. The zero-order valence-corrected chi connectivity index (χ0v) is 33.8. The number of benzene rings is 4. The highest BCUT2D eigenvalue weighted by molar-refractivity contribution is 7.91. The summed E-state index contributed by atoms with van der Waals surface area (Å²) in [7, 11) is -6.48. The van der Waals surface area contributed by atoms with Crippen LogP contribution in [-0.2, 0) is 32.8 Å². The van der Waals surface area contributed by atoms with Crippen LogP contribution in [0.15, 0.2) is 117 Å². The number of anilines is 1. The summed E-state index contributed by atoms with van der Waals surface area (Å²) in [5.74, 6) is 0. The fourth-order valence-electron chi connectivity index (χ4n) is 7.26. The molecule has 1 aliphatic rings. The number of hydrogen-bond donors (Lipinski definition) is 0. The fourth-order valence-corrected chi connectivity index (χ4v) is 8.70. The minimum Gasteiger partial charge on any atom is -0.370 e. The molecule has 286 valence electrons. The Kier molecular flexibility index (Phi) is 11.6. The summed E-state index contributed by atoms with van der Waals surface area (Å²) in [4.78, 5) is 29.2. The Bertz CT molecular complexity index is 2770. The maximum atomic E-state index is 13.3. The van der Waals surface area contributed by atoms with Crippen LogP contribution in [0, 0.1) is 13.8 Å². The summed E-state index contributed by atoms with van der Waals surface area (Å²) < 4.78 is 50.1. The highest BCUT2D eigenvalue weighted by atomic mass is 35.5. The molecule has 0 unspecified atom stereocenters. The van der Waals surface area contributed by atoms with Gasteiger partial charge in [0, 0.05) is 63.7 Å². The second-order valence-corrected chi connectivity index (χ2v) is 18.5. The van der Waals surface area contributed by atoms with Crippen LogP contribution in [-0.4, -0.2) is 51.6 Å². The number of halogens is 1. The van der Waals surface area contributed by atoms with Crippen molar-refractivity contribution in [2.75, 3.05) is 30.5 Å². The van der Waals surface area contributed by atoms with Gasteiger partial charge >= 0.3 is 0 Å². The SMILES string of the molecule is C=Cc1c(C)n(Cc2ccc(S(C)(=O)=O)cc2)c(=O)c2ccc(Cl)cc12.Cc1c(N2CCCCC2)c2ccccc2c(=O)n1Cc1ccc(S(C)(=O)=O)cc1. The third-order valence-corrected chi connectivity index (χ3v) is 12.7. The summed E-state index contributed by atoms with van der Waals surface area (Å²) >= 11 is 6.08. The van der Waals surface area contributed by atoms with Crippen molar-refractivity contribution < 1.29 is 16.8 Å². The third kappa shape index (κ3) is 8.49. The molecule has 3 heterocycles. The fraction of sp³-hybridized carbons (Fsp3) is 0.256. The molecule has 0 radical (unpaired) electrons. The third-order valence-electron chi connectivity index (χ3n) is 10.2. The van der Waals surface area contributed by atoms with E-state index in [2.05, 4.69) is 11.5 Å². The van der Waals surface area contributed by atoms with Gasteiger partial charge in [-0.25, -0.2) is 16.8 Å². The Hall–Kier alpha value is -4.97. The molecule has 0 amide bonds. The van der Waals surface area contributed by atoms with Gasteiger partial charge < -0.3 is 14.0 Å². The first-order chi connectivity index (χ1) is 26.1. The second kappa shape index (κ2) is 16.0. The van der Waals surface area contributed by atoms with Crippen LogP contribution in [0.5, 0.6) is 0 Å². The normalized spacial score (nSPS) is 13.4. The van der Waals surface area contributed by atoms with Crippen LogP contribution >= 0.6 is 11.6 Å². The predicted octanol–water partition coefficient (Wildman–Crippen LogP) is 7.81. The molecule has 0 aliphatic carbocycles. The van der Waals surface area contributed by atoms with Crippen LogP contribution in [0.3, 0.4) is 0 Å². The van der Waals surface area contributed by atoms with Crippen molar-refractivity contribution in [3.63, 3.8) is 0 Å². The smallest absolute Gasteiger partial charge is 0.259 e. The van der Waals surface area contributed by atoms with Gasteiger partial charge in [0.05, 0.1) is 28.6 Å². The lowest BCUT2D eigenvalue weighted by Gasteiger charge is -2.32. The minimum atomic E-state index is -3.25. The Morgan fingerprint density at radius 3 is 1.60 bits per heavy atom. The van der Waals surface area contributed by atoms with Crippen LogP contribution in [0.2, 0.25) is 5.02 Å². The maximum absolute atomic E-state index is 13.3. The topological polar surface area (TPSA) is 116 Å². The average molecular weight is 798 g/mol. The number of pyridine rings is 2. The molecule has 0 bridgehead atoms. The molecule has 1 aliphatic heterocycles. The van der Waals surface area contributed by atoms with E-state index >= 15 is 0 Å². The van der Waals surface area contributed by atoms with Gasteiger partial charge in [-0.15, -0.1) is 0 Å². The summed E-state index contributed by atoms with van der Waals surface area (Å²) in [5, 5.41) is 3.65. The van der Waals surface area contributed by atoms with Gasteiger partial charge in [-0.1, -0.05) is 66.7 Å². The first kappa shape index (κ1) is 39.7. The van der Waals surface area contributed by atoms with Crippen molar-refractivity contribution in [1.29, 1.82) is 0 Å². The van der Waals surface area contributed by atoms with E-state index in [0.29, 0.717) is 23.5 Å². The Morgan fingerprint density at radius 1 is 0.636 bits per heavy atom. The van der Waals surface area contributed by atoms with E-state index < -0.39 is 19.7 Å². The molecule has 0 N–H and O–H groups in total. The van der Waals surface area contributed by atoms with E-state index in [9.17, 15) is 26.4 Å². The first-order valence-corrected chi connectivity index (χ1v) is 22.1. The van der Waals surface area contributed by atoms with Gasteiger partial charge in [-0.2, -0.15) is 0 Å². The van der Waals surface area contributed by atoms with E-state index in [1.165, 1.54) is 31.8 Å². The van der Waals surface area contributed by atoms with Crippen molar-refractivity contribution in [2.24, 2.45) is 0 Å². The van der Waals surface area contributed by atoms with Crippen molar-refractivity contribution in [3.05, 3.63) is 151 Å². The molecule has 1 saturated heterocycles. The quantitative estimate of drug-likeness (QED) is 0.154. The second-order valence-electron chi connectivity index (χ2n) is 14.0. The first-order valence-electron chi connectivity index (χ1n) is 18.0. The molecular formula is C43H44ClN3O6S2. The number of hydrogen-bond acceptors (Lipinski definition) is 7. The Labute approximate surface area is 327 Å². The number of aromatic nitrogens is 2. The summed E-state index contributed by atoms with van der Waals surface area (Å²) in [5.41, 5.74) is 5.36. The molecule has 0 saturated carbocycles. The highest BCUT2D eigenvalue weighted by Crippen LogP contribution is 2.31. The molecule has 4 aromatic carbocycles. The molecule has 6 aromatic rings. The number of nitrogens with zero attached hydrogens (tertiary/aromatic N) is 3. The van der Waals surface area contributed by atoms with Crippen molar-refractivity contribution in [1.82, 2.24) is 9.13 Å². The molecule has 7 rings (SSSR count). The van der Waals surface area contributed by atoms with Crippen molar-refractivity contribution >= 4 is 64.6 Å². The lowest BCUT2D eigenvalue weighted by molar-refractivity contribution is 0.574. The zero-order chi connectivity index (χ0) is 39.7. The molecular weight excluding hydrogens is 754 g/mol. The lowest BCUT2D eigenvalue weighted by atomic mass is 10.0. The van der Waals surface area contributed by atoms with Gasteiger partial charge in [0.2, 0.25) is 0 Å². The largest absolute Gasteiger partial charge is 0.370 e. The van der Waals surface area contributed by atoms with Crippen LogP contribution in [0.1, 0.15) is 47.3 Å². The predicted molar refractivity (Wildman–Crippen MR) is 224 cm³/mol.